The van der Waals surface area contributed by atoms with E-state index in [0.717, 1.165) is 12.8 Å². The molecular formula is C89H83N3. The molecule has 0 aromatic heterocycles. The molecule has 0 radical (unpaired) electrons. The molecule has 0 bridgehead atoms. The van der Waals surface area contributed by atoms with Gasteiger partial charge < -0.3 is 14.7 Å². The summed E-state index contributed by atoms with van der Waals surface area (Å²) in [7, 11) is 0. The Balaban J connectivity index is 0.812. The molecule has 3 fully saturated rings. The number of fused-ring (bicyclic) bond motifs is 15. The standard InChI is InChI=1S/C89H83N3/c1-54-40-43-84(4)75-46-57(28-37-78(75)90(87(84,7)51-54)60-20-13-10-14-21-60)63-31-34-68-72-50-74-70-36-33-65(59-30-39-80-77(48-59)86(6)45-42-56(3)53-89(86,9)92(80)62-24-17-12-18-25-62)82-64(32-35-69(83(70)82)73(74)49-71(72)67-27-19-26-66(63)81(67)68)58-29-38-79-76(47-58)85(5)44-41-55(2)52-88(85,8)91(79)61-22-15-11-16-23-61/h10-39,46-50,54-56H,40-45,51-53H2,1-9H3. The van der Waals surface area contributed by atoms with Crippen LogP contribution in [0.15, 0.2) is 212 Å². The first kappa shape index (κ1) is 55.0. The van der Waals surface area contributed by atoms with Crippen LogP contribution in [0.4, 0.5) is 34.1 Å². The molecule has 454 valence electrons. The van der Waals surface area contributed by atoms with Crippen LogP contribution in [-0.2, 0) is 16.2 Å². The van der Waals surface area contributed by atoms with Crippen molar-refractivity contribution in [2.24, 2.45) is 17.8 Å². The Morgan fingerprint density at radius 1 is 0.283 bits per heavy atom. The van der Waals surface area contributed by atoms with E-state index in [0.29, 0.717) is 17.8 Å². The minimum Gasteiger partial charge on any atom is -0.334 e. The zero-order valence-electron chi connectivity index (χ0n) is 55.1. The average Bonchev–Trinajstić information content (AvgIpc) is 1.55. The lowest BCUT2D eigenvalue weighted by Gasteiger charge is -2.52. The van der Waals surface area contributed by atoms with Crippen LogP contribution in [0.5, 0.6) is 0 Å². The molecule has 92 heavy (non-hydrogen) atoms. The van der Waals surface area contributed by atoms with Crippen LogP contribution in [0, 0.1) is 17.8 Å². The molecule has 6 aliphatic rings. The van der Waals surface area contributed by atoms with Gasteiger partial charge in [-0.15, -0.1) is 0 Å². The van der Waals surface area contributed by atoms with Gasteiger partial charge in [-0.25, -0.2) is 0 Å². The smallest absolute Gasteiger partial charge is 0.0520 e. The summed E-state index contributed by atoms with van der Waals surface area (Å²) in [6.07, 6.45) is 10.8. The van der Waals surface area contributed by atoms with Crippen molar-refractivity contribution in [2.45, 2.75) is 153 Å². The average molecular weight is 1190 g/mol. The molecule has 3 heteroatoms. The first-order chi connectivity index (χ1) is 44.5. The lowest BCUT2D eigenvalue weighted by atomic mass is 9.59. The second-order valence-electron chi connectivity index (χ2n) is 31.5. The minimum absolute atomic E-state index is 0.0208. The largest absolute Gasteiger partial charge is 0.334 e. The number of anilines is 6. The van der Waals surface area contributed by atoms with E-state index in [2.05, 4.69) is 289 Å². The second kappa shape index (κ2) is 18.8. The molecule has 3 heterocycles. The Kier molecular flexibility index (Phi) is 11.2. The van der Waals surface area contributed by atoms with E-state index in [1.54, 1.807) is 0 Å². The van der Waals surface area contributed by atoms with E-state index < -0.39 is 0 Å². The van der Waals surface area contributed by atoms with Gasteiger partial charge in [0.25, 0.3) is 0 Å². The van der Waals surface area contributed by atoms with E-state index in [1.165, 1.54) is 194 Å². The van der Waals surface area contributed by atoms with Crippen LogP contribution in [0.3, 0.4) is 0 Å². The molecule has 19 rings (SSSR count). The topological polar surface area (TPSA) is 9.72 Å². The van der Waals surface area contributed by atoms with E-state index in [4.69, 9.17) is 0 Å². The van der Waals surface area contributed by atoms with Gasteiger partial charge in [-0.2, -0.15) is 0 Å². The molecule has 13 aromatic carbocycles. The maximum atomic E-state index is 2.73. The lowest BCUT2D eigenvalue weighted by molar-refractivity contribution is 0.154. The number of rotatable bonds is 6. The molecule has 9 atom stereocenters. The number of hydrogen-bond acceptors (Lipinski definition) is 3. The maximum Gasteiger partial charge on any atom is 0.0520 e. The predicted molar refractivity (Wildman–Crippen MR) is 392 cm³/mol. The normalized spacial score (nSPS) is 28.2. The zero-order chi connectivity index (χ0) is 62.2. The minimum atomic E-state index is -0.0615. The van der Waals surface area contributed by atoms with Gasteiger partial charge in [0.15, 0.2) is 0 Å². The highest BCUT2D eigenvalue weighted by atomic mass is 15.3. The SMILES string of the molecule is CC1CCC2(C)c3cc(-c4ccc5c6cc7c(cc6c6cccc4c65)c4ccc(-c5ccc6c(c5)C5(C)CCC(C)CC5(C)N6c5ccccc5)c5c(-c6ccc8c(c6)C6(C)CCC(C)CC6(C)N8c6ccccc6)ccc7c54)ccc3N(c3ccccc3)C2(C)C1. The highest BCUT2D eigenvalue weighted by molar-refractivity contribution is 6.39. The van der Waals surface area contributed by atoms with Gasteiger partial charge in [-0.05, 0) is 296 Å². The molecular weight excluding hydrogens is 1110 g/mol. The fourth-order valence-corrected chi connectivity index (χ4v) is 21.6. The molecule has 13 aromatic rings. The number of para-hydroxylation sites is 3. The van der Waals surface area contributed by atoms with Gasteiger partial charge >= 0.3 is 0 Å². The van der Waals surface area contributed by atoms with Crippen LogP contribution < -0.4 is 14.7 Å². The van der Waals surface area contributed by atoms with Crippen molar-refractivity contribution in [1.82, 2.24) is 0 Å². The summed E-state index contributed by atoms with van der Waals surface area (Å²) < 4.78 is 0. The summed E-state index contributed by atoms with van der Waals surface area (Å²) >= 11 is 0. The Morgan fingerprint density at radius 2 is 0.609 bits per heavy atom. The predicted octanol–water partition coefficient (Wildman–Crippen LogP) is 24.4. The van der Waals surface area contributed by atoms with Gasteiger partial charge in [0.05, 0.1) is 16.6 Å². The van der Waals surface area contributed by atoms with E-state index in [1.807, 2.05) is 0 Å². The zero-order valence-corrected chi connectivity index (χ0v) is 55.1. The number of nitrogens with zero attached hydrogens (tertiary/aromatic N) is 3. The van der Waals surface area contributed by atoms with Gasteiger partial charge in [-0.1, -0.05) is 169 Å². The van der Waals surface area contributed by atoms with Crippen LogP contribution in [0.1, 0.15) is 137 Å². The Hall–Kier alpha value is -8.66. The van der Waals surface area contributed by atoms with Crippen LogP contribution in [0.2, 0.25) is 0 Å². The van der Waals surface area contributed by atoms with E-state index in [-0.39, 0.29) is 32.9 Å². The van der Waals surface area contributed by atoms with Crippen molar-refractivity contribution in [1.29, 1.82) is 0 Å². The molecule has 3 nitrogen and oxygen atoms in total. The summed E-state index contributed by atoms with van der Waals surface area (Å²) in [5.41, 5.74) is 20.2. The van der Waals surface area contributed by atoms with Crippen molar-refractivity contribution in [2.75, 3.05) is 14.7 Å². The van der Waals surface area contributed by atoms with Gasteiger partial charge in [0, 0.05) is 50.4 Å². The summed E-state index contributed by atoms with van der Waals surface area (Å²) in [6.45, 7) is 22.9. The summed E-state index contributed by atoms with van der Waals surface area (Å²) in [5.74, 6) is 1.99. The molecule has 0 spiro atoms. The van der Waals surface area contributed by atoms with Crippen molar-refractivity contribution in [3.8, 4) is 33.4 Å². The molecule has 3 aliphatic carbocycles. The Labute approximate surface area is 543 Å². The van der Waals surface area contributed by atoms with Gasteiger partial charge in [0.1, 0.15) is 0 Å². The molecule has 0 amide bonds. The quantitative estimate of drug-likeness (QED) is 0.164. The fraction of sp³-hybridized carbons (Fsp3) is 0.303. The highest BCUT2D eigenvalue weighted by Gasteiger charge is 2.62. The first-order valence-electron chi connectivity index (χ1n) is 34.9. The van der Waals surface area contributed by atoms with Crippen molar-refractivity contribution in [3.63, 3.8) is 0 Å². The third kappa shape index (κ3) is 6.93. The lowest BCUT2D eigenvalue weighted by Crippen LogP contribution is -2.56. The summed E-state index contributed by atoms with van der Waals surface area (Å²) in [5, 5.41) is 16.2. The van der Waals surface area contributed by atoms with Crippen molar-refractivity contribution >= 4 is 98.8 Å². The van der Waals surface area contributed by atoms with Gasteiger partial charge in [-0.3, -0.25) is 0 Å². The molecule has 3 saturated carbocycles. The summed E-state index contributed by atoms with van der Waals surface area (Å²) in [4.78, 5) is 8.18. The van der Waals surface area contributed by atoms with Crippen LogP contribution in [0.25, 0.3) is 98.0 Å². The first-order valence-corrected chi connectivity index (χ1v) is 34.9. The summed E-state index contributed by atoms with van der Waals surface area (Å²) in [6, 6.07) is 83.7. The number of hydrogen-bond donors (Lipinski definition) is 0. The Morgan fingerprint density at radius 3 is 0.989 bits per heavy atom. The second-order valence-corrected chi connectivity index (χ2v) is 31.5. The third-order valence-corrected chi connectivity index (χ3v) is 26.7. The molecule has 3 aliphatic heterocycles. The van der Waals surface area contributed by atoms with Crippen molar-refractivity contribution < 1.29 is 0 Å². The maximum absolute atomic E-state index is 2.73. The molecule has 0 N–H and O–H groups in total. The Bertz CT molecular complexity index is 5000. The highest BCUT2D eigenvalue weighted by Crippen LogP contribution is 2.66. The van der Waals surface area contributed by atoms with E-state index in [9.17, 15) is 0 Å². The fourth-order valence-electron chi connectivity index (χ4n) is 21.6. The monoisotopic (exact) mass is 1190 g/mol. The van der Waals surface area contributed by atoms with Crippen LogP contribution in [-0.4, -0.2) is 16.6 Å². The van der Waals surface area contributed by atoms with E-state index >= 15 is 0 Å². The van der Waals surface area contributed by atoms with Gasteiger partial charge in [0.2, 0.25) is 0 Å². The van der Waals surface area contributed by atoms with Crippen LogP contribution >= 0.6 is 0 Å². The number of benzene rings is 11. The molecule has 0 saturated heterocycles. The van der Waals surface area contributed by atoms with Crippen molar-refractivity contribution in [3.05, 3.63) is 229 Å². The third-order valence-electron chi connectivity index (χ3n) is 26.7. The molecule has 9 unspecified atom stereocenters.